The Bertz CT molecular complexity index is 726. The fourth-order valence-electron chi connectivity index (χ4n) is 2.20. The average molecular weight is 404 g/mol. The number of aliphatic hydroxyl groups is 1. The second kappa shape index (κ2) is 9.97. The first-order valence-corrected chi connectivity index (χ1v) is 8.32. The molecule has 4 nitrogen and oxygen atoms in total. The minimum absolute atomic E-state index is 0. The Morgan fingerprint density at radius 3 is 2.54 bits per heavy atom. The number of ether oxygens (including phenoxy) is 2. The zero-order valence-electron chi connectivity index (χ0n) is 15.0. The summed E-state index contributed by atoms with van der Waals surface area (Å²) in [5.41, 5.74) is 1.16. The molecule has 0 heterocycles. The van der Waals surface area contributed by atoms with Gasteiger partial charge in [-0.25, -0.2) is 4.39 Å². The molecule has 0 unspecified atom stereocenters. The van der Waals surface area contributed by atoms with Crippen LogP contribution < -0.4 is 14.8 Å². The third kappa shape index (κ3) is 6.02. The van der Waals surface area contributed by atoms with Crippen LogP contribution >= 0.6 is 24.0 Å². The molecule has 0 aliphatic heterocycles. The Labute approximate surface area is 164 Å². The molecule has 26 heavy (non-hydrogen) atoms. The molecule has 0 aromatic heterocycles. The molecule has 0 fully saturated rings. The highest BCUT2D eigenvalue weighted by Crippen LogP contribution is 2.32. The average Bonchev–Trinajstić information content (AvgIpc) is 2.59. The zero-order valence-corrected chi connectivity index (χ0v) is 16.6. The van der Waals surface area contributed by atoms with E-state index in [1.807, 2.05) is 32.0 Å². The number of hydrogen-bond acceptors (Lipinski definition) is 4. The van der Waals surface area contributed by atoms with Gasteiger partial charge in [0.1, 0.15) is 12.4 Å². The van der Waals surface area contributed by atoms with Crippen LogP contribution in [0.15, 0.2) is 36.4 Å². The van der Waals surface area contributed by atoms with E-state index in [0.29, 0.717) is 28.6 Å². The molecule has 0 aliphatic rings. The Hall–Kier alpha value is -1.53. The maximum Gasteiger partial charge on any atom is 0.166 e. The van der Waals surface area contributed by atoms with Crippen molar-refractivity contribution in [3.05, 3.63) is 58.4 Å². The third-order valence-corrected chi connectivity index (χ3v) is 4.17. The Balaban J connectivity index is 0.00000338. The van der Waals surface area contributed by atoms with Crippen molar-refractivity contribution in [3.8, 4) is 11.5 Å². The number of rotatable bonds is 8. The van der Waals surface area contributed by atoms with E-state index in [4.69, 9.17) is 21.1 Å². The Morgan fingerprint density at radius 1 is 1.19 bits per heavy atom. The van der Waals surface area contributed by atoms with Crippen LogP contribution in [0, 0.1) is 5.82 Å². The van der Waals surface area contributed by atoms with Crippen molar-refractivity contribution in [2.75, 3.05) is 13.7 Å². The molecule has 0 amide bonds. The van der Waals surface area contributed by atoms with Gasteiger partial charge in [0.25, 0.3) is 0 Å². The molecule has 0 bridgehead atoms. The van der Waals surface area contributed by atoms with Crippen LogP contribution in [0.25, 0.3) is 0 Å². The van der Waals surface area contributed by atoms with Crippen molar-refractivity contribution in [1.29, 1.82) is 0 Å². The van der Waals surface area contributed by atoms with E-state index in [0.717, 1.165) is 5.56 Å². The van der Waals surface area contributed by atoms with E-state index >= 15 is 0 Å². The molecule has 0 saturated carbocycles. The Kier molecular flexibility index (Phi) is 8.63. The van der Waals surface area contributed by atoms with Crippen LogP contribution in [0.3, 0.4) is 0 Å². The van der Waals surface area contributed by atoms with E-state index in [9.17, 15) is 9.50 Å². The molecule has 0 radical (unpaired) electrons. The quantitative estimate of drug-likeness (QED) is 0.687. The third-order valence-electron chi connectivity index (χ3n) is 3.82. The smallest absolute Gasteiger partial charge is 0.166 e. The molecule has 0 atom stereocenters. The van der Waals surface area contributed by atoms with Crippen molar-refractivity contribution in [3.63, 3.8) is 0 Å². The lowest BCUT2D eigenvalue weighted by molar-refractivity contribution is 0.186. The van der Waals surface area contributed by atoms with Gasteiger partial charge in [0, 0.05) is 23.2 Å². The molecule has 144 valence electrons. The summed E-state index contributed by atoms with van der Waals surface area (Å²) in [7, 11) is 1.57. The van der Waals surface area contributed by atoms with Crippen LogP contribution in [-0.2, 0) is 13.2 Å². The van der Waals surface area contributed by atoms with Gasteiger partial charge in [-0.3, -0.25) is 0 Å². The summed E-state index contributed by atoms with van der Waals surface area (Å²) < 4.78 is 24.5. The second-order valence-corrected chi connectivity index (χ2v) is 6.78. The highest BCUT2D eigenvalue weighted by molar-refractivity contribution is 6.31. The fourth-order valence-corrected chi connectivity index (χ4v) is 2.43. The number of aliphatic hydroxyl groups excluding tert-OH is 1. The van der Waals surface area contributed by atoms with Crippen molar-refractivity contribution in [1.82, 2.24) is 5.32 Å². The van der Waals surface area contributed by atoms with Gasteiger partial charge in [-0.1, -0.05) is 29.8 Å². The van der Waals surface area contributed by atoms with Crippen molar-refractivity contribution in [2.45, 2.75) is 32.5 Å². The first kappa shape index (κ1) is 22.5. The van der Waals surface area contributed by atoms with E-state index in [2.05, 4.69) is 5.32 Å². The first-order chi connectivity index (χ1) is 11.9. The van der Waals surface area contributed by atoms with Gasteiger partial charge in [-0.2, -0.15) is 0 Å². The molecule has 0 saturated heterocycles. The molecule has 7 heteroatoms. The van der Waals surface area contributed by atoms with Gasteiger partial charge in [-0.05, 0) is 32.0 Å². The zero-order chi connectivity index (χ0) is 18.4. The highest BCUT2D eigenvalue weighted by atomic mass is 35.5. The second-order valence-electron chi connectivity index (χ2n) is 6.37. The van der Waals surface area contributed by atoms with Gasteiger partial charge in [-0.15, -0.1) is 12.4 Å². The molecule has 2 aromatic rings. The normalized spacial score (nSPS) is 11.0. The number of nitrogens with one attached hydrogen (secondary N) is 1. The summed E-state index contributed by atoms with van der Waals surface area (Å²) in [5.74, 6) is 0.799. The lowest BCUT2D eigenvalue weighted by atomic mass is 10.1. The number of halogens is 3. The van der Waals surface area contributed by atoms with E-state index in [-0.39, 0.29) is 31.4 Å². The fraction of sp³-hybridized carbons (Fsp3) is 0.368. The maximum absolute atomic E-state index is 13.2. The lowest BCUT2D eigenvalue weighted by Gasteiger charge is -2.24. The van der Waals surface area contributed by atoms with E-state index in [1.54, 1.807) is 13.2 Å². The predicted octanol–water partition coefficient (Wildman–Crippen LogP) is 4.35. The van der Waals surface area contributed by atoms with Crippen molar-refractivity contribution in [2.24, 2.45) is 0 Å². The number of benzene rings is 2. The predicted molar refractivity (Wildman–Crippen MR) is 104 cm³/mol. The van der Waals surface area contributed by atoms with Gasteiger partial charge < -0.3 is 19.9 Å². The minimum Gasteiger partial charge on any atom is -0.493 e. The van der Waals surface area contributed by atoms with Crippen LogP contribution in [0.1, 0.15) is 25.0 Å². The lowest BCUT2D eigenvalue weighted by Crippen LogP contribution is -2.42. The van der Waals surface area contributed by atoms with Gasteiger partial charge in [0.2, 0.25) is 0 Å². The van der Waals surface area contributed by atoms with E-state index < -0.39 is 5.54 Å². The van der Waals surface area contributed by atoms with Crippen molar-refractivity contribution < 1.29 is 19.0 Å². The molecular formula is C19H24Cl2FNO3. The summed E-state index contributed by atoms with van der Waals surface area (Å²) in [4.78, 5) is 0. The largest absolute Gasteiger partial charge is 0.493 e. The topological polar surface area (TPSA) is 50.7 Å². The van der Waals surface area contributed by atoms with Gasteiger partial charge in [0.05, 0.1) is 18.7 Å². The number of hydrogen-bond donors (Lipinski definition) is 2. The summed E-state index contributed by atoms with van der Waals surface area (Å²) in [6.07, 6.45) is 0. The molecule has 2 rings (SSSR count). The number of para-hydroxylation sites is 1. The van der Waals surface area contributed by atoms with Gasteiger partial charge >= 0.3 is 0 Å². The summed E-state index contributed by atoms with van der Waals surface area (Å²) >= 11 is 6.06. The van der Waals surface area contributed by atoms with Gasteiger partial charge in [0.15, 0.2) is 11.5 Å². The maximum atomic E-state index is 13.2. The SMILES string of the molecule is COc1cccc(CNC(C)(C)CO)c1OCc1ccc(F)cc1Cl.Cl. The minimum atomic E-state index is -0.416. The summed E-state index contributed by atoms with van der Waals surface area (Å²) in [5, 5.41) is 13.0. The molecule has 2 aromatic carbocycles. The molecule has 0 spiro atoms. The standard InChI is InChI=1S/C19H23ClFNO3.ClH/c1-19(2,12-23)22-10-13-5-4-6-17(24-3)18(13)25-11-14-7-8-15(21)9-16(14)20;/h4-9,22-23H,10-12H2,1-3H3;1H. The van der Waals surface area contributed by atoms with Crippen LogP contribution in [0.4, 0.5) is 4.39 Å². The van der Waals surface area contributed by atoms with Crippen LogP contribution in [0.5, 0.6) is 11.5 Å². The number of methoxy groups -OCH3 is 1. The molecule has 2 N–H and O–H groups in total. The van der Waals surface area contributed by atoms with Crippen molar-refractivity contribution >= 4 is 24.0 Å². The summed E-state index contributed by atoms with van der Waals surface area (Å²) in [6.45, 7) is 4.52. The molecule has 0 aliphatic carbocycles. The first-order valence-electron chi connectivity index (χ1n) is 7.95. The Morgan fingerprint density at radius 2 is 1.92 bits per heavy atom. The highest BCUT2D eigenvalue weighted by Gasteiger charge is 2.18. The van der Waals surface area contributed by atoms with E-state index in [1.165, 1.54) is 12.1 Å². The monoisotopic (exact) mass is 403 g/mol. The molecular weight excluding hydrogens is 380 g/mol. The van der Waals surface area contributed by atoms with Crippen LogP contribution in [0.2, 0.25) is 5.02 Å². The van der Waals surface area contributed by atoms with Crippen LogP contribution in [-0.4, -0.2) is 24.4 Å². The summed E-state index contributed by atoms with van der Waals surface area (Å²) in [6, 6.07) is 9.81.